The van der Waals surface area contributed by atoms with Crippen LogP contribution in [-0.4, -0.2) is 98.9 Å². The minimum atomic E-state index is -4.47. The van der Waals surface area contributed by atoms with Gasteiger partial charge in [-0.15, -0.1) is 0 Å². The highest BCUT2D eigenvalue weighted by Gasteiger charge is 2.56. The zero-order valence-electron chi connectivity index (χ0n) is 28.7. The van der Waals surface area contributed by atoms with Crippen LogP contribution in [0.4, 0.5) is 18.0 Å². The molecule has 13 heteroatoms. The number of amides is 3. The van der Waals surface area contributed by atoms with Crippen molar-refractivity contribution < 1.29 is 37.4 Å². The van der Waals surface area contributed by atoms with E-state index in [0.29, 0.717) is 24.0 Å². The molecule has 268 valence electrons. The van der Waals surface area contributed by atoms with Gasteiger partial charge in [-0.1, -0.05) is 50.1 Å². The smallest absolute Gasteiger partial charge is 0.410 e. The van der Waals surface area contributed by atoms with E-state index in [-0.39, 0.29) is 63.7 Å². The molecule has 5 rings (SSSR count). The summed E-state index contributed by atoms with van der Waals surface area (Å²) in [4.78, 5) is 58.3. The number of nitrogens with zero attached hydrogens (tertiary/aromatic N) is 4. The Morgan fingerprint density at radius 2 is 1.53 bits per heavy atom. The molecule has 2 atom stereocenters. The molecular weight excluding hydrogens is 641 g/mol. The fourth-order valence-electron chi connectivity index (χ4n) is 7.63. The Labute approximate surface area is 284 Å². The monoisotopic (exact) mass is 688 g/mol. The summed E-state index contributed by atoms with van der Waals surface area (Å²) in [6.45, 7) is 7.76. The summed E-state index contributed by atoms with van der Waals surface area (Å²) < 4.78 is 46.1. The van der Waals surface area contributed by atoms with Gasteiger partial charge in [0.05, 0.1) is 24.1 Å². The van der Waals surface area contributed by atoms with Crippen molar-refractivity contribution in [1.82, 2.24) is 19.3 Å². The molecule has 3 fully saturated rings. The van der Waals surface area contributed by atoms with Crippen LogP contribution >= 0.6 is 0 Å². The van der Waals surface area contributed by atoms with E-state index in [1.54, 1.807) is 30.6 Å². The molecule has 49 heavy (non-hydrogen) atoms. The quantitative estimate of drug-likeness (QED) is 0.440. The lowest BCUT2D eigenvalue weighted by Crippen LogP contribution is -2.62. The molecule has 1 N–H and O–H groups in total. The van der Waals surface area contributed by atoms with Gasteiger partial charge in [-0.2, -0.15) is 13.2 Å². The number of alkyl halides is 3. The predicted molar refractivity (Wildman–Crippen MR) is 177 cm³/mol. The van der Waals surface area contributed by atoms with Crippen molar-refractivity contribution in [3.8, 4) is 11.1 Å². The van der Waals surface area contributed by atoms with Crippen LogP contribution < -0.4 is 5.56 Å². The summed E-state index contributed by atoms with van der Waals surface area (Å²) in [5.41, 5.74) is -1.92. The predicted octanol–water partition coefficient (Wildman–Crippen LogP) is 5.32. The molecular formula is C36H47F3N4O6. The number of pyridine rings is 1. The van der Waals surface area contributed by atoms with Crippen LogP contribution in [0.1, 0.15) is 76.6 Å². The number of aromatic nitrogens is 1. The number of carbonyl (C=O) groups excluding carboxylic acids is 3. The summed E-state index contributed by atoms with van der Waals surface area (Å²) >= 11 is 0. The molecule has 1 aromatic carbocycles. The van der Waals surface area contributed by atoms with E-state index in [1.807, 2.05) is 30.3 Å². The highest BCUT2D eigenvalue weighted by molar-refractivity contribution is 6.00. The van der Waals surface area contributed by atoms with Crippen molar-refractivity contribution >= 4 is 17.9 Å². The van der Waals surface area contributed by atoms with Crippen molar-refractivity contribution in [3.05, 3.63) is 58.5 Å². The molecule has 1 aromatic heterocycles. The number of hydrogen-bond donors (Lipinski definition) is 1. The maximum absolute atomic E-state index is 14.2. The zero-order valence-corrected chi connectivity index (χ0v) is 28.7. The normalized spacial score (nSPS) is 21.9. The van der Waals surface area contributed by atoms with Gasteiger partial charge in [0.15, 0.2) is 0 Å². The minimum Gasteiger partial charge on any atom is -0.444 e. The third-order valence-electron chi connectivity index (χ3n) is 10.2. The lowest BCUT2D eigenvalue weighted by atomic mass is 9.65. The number of piperazine rings is 1. The van der Waals surface area contributed by atoms with Crippen molar-refractivity contribution in [3.63, 3.8) is 0 Å². The molecule has 1 aliphatic carbocycles. The molecule has 2 aliphatic heterocycles. The number of hydrogen-bond acceptors (Lipinski definition) is 6. The first kappa shape index (κ1) is 36.4. The molecule has 3 heterocycles. The lowest BCUT2D eigenvalue weighted by Gasteiger charge is -2.52. The standard InChI is InChI=1S/C36H47F3N4O6/c1-25(21-36(37,38)39)30(45)42-15-14-35(48,34(23-42)12-8-9-13-34)24-43-22-28(27(20-29(43)44)26-10-6-5-7-11-26)31(46)40-16-18-41(19-17-40)32(47)49-33(2,3)4/h5-7,10-11,20,22,25,48H,8-9,12-19,21,23-24H2,1-4H3/t25?,35-/m1/s1. The lowest BCUT2D eigenvalue weighted by molar-refractivity contribution is -0.172. The molecule has 0 radical (unpaired) electrons. The van der Waals surface area contributed by atoms with Crippen LogP contribution in [-0.2, 0) is 16.1 Å². The minimum absolute atomic E-state index is 0.0594. The first-order valence-corrected chi connectivity index (χ1v) is 17.1. The third kappa shape index (κ3) is 8.13. The van der Waals surface area contributed by atoms with Crippen LogP contribution in [0.5, 0.6) is 0 Å². The van der Waals surface area contributed by atoms with Crippen molar-refractivity contribution in [1.29, 1.82) is 0 Å². The van der Waals surface area contributed by atoms with E-state index in [9.17, 15) is 37.5 Å². The van der Waals surface area contributed by atoms with E-state index < -0.39 is 52.7 Å². The molecule has 2 saturated heterocycles. The summed E-state index contributed by atoms with van der Waals surface area (Å²) in [6, 6.07) is 10.5. The Bertz CT molecular complexity index is 1590. The highest BCUT2D eigenvalue weighted by Crippen LogP contribution is 2.52. The number of ether oxygens (including phenoxy) is 1. The molecule has 1 spiro atoms. The summed E-state index contributed by atoms with van der Waals surface area (Å²) in [5, 5.41) is 12.3. The van der Waals surface area contributed by atoms with E-state index in [2.05, 4.69) is 0 Å². The topological polar surface area (TPSA) is 112 Å². The van der Waals surface area contributed by atoms with Gasteiger partial charge in [-0.05, 0) is 45.6 Å². The summed E-state index contributed by atoms with van der Waals surface area (Å²) in [5.74, 6) is -2.15. The van der Waals surface area contributed by atoms with Gasteiger partial charge in [0.25, 0.3) is 11.5 Å². The van der Waals surface area contributed by atoms with Gasteiger partial charge < -0.3 is 29.1 Å². The Morgan fingerprint density at radius 3 is 2.12 bits per heavy atom. The Kier molecular flexibility index (Phi) is 10.3. The number of benzene rings is 1. The van der Waals surface area contributed by atoms with Crippen molar-refractivity contribution in [2.24, 2.45) is 11.3 Å². The number of halogens is 3. The molecule has 1 unspecified atom stereocenters. The van der Waals surface area contributed by atoms with E-state index in [0.717, 1.165) is 12.8 Å². The van der Waals surface area contributed by atoms with E-state index >= 15 is 0 Å². The number of piperidine rings is 1. The number of aliphatic hydroxyl groups is 1. The molecule has 2 aromatic rings. The average molecular weight is 689 g/mol. The maximum atomic E-state index is 14.2. The number of likely N-dealkylation sites (tertiary alicyclic amines) is 1. The summed E-state index contributed by atoms with van der Waals surface area (Å²) in [6.07, 6.45) is -1.87. The third-order valence-corrected chi connectivity index (χ3v) is 10.2. The van der Waals surface area contributed by atoms with Crippen LogP contribution in [0, 0.1) is 11.3 Å². The van der Waals surface area contributed by atoms with Gasteiger partial charge >= 0.3 is 12.3 Å². The highest BCUT2D eigenvalue weighted by atomic mass is 19.4. The Balaban J connectivity index is 1.42. The van der Waals surface area contributed by atoms with Gasteiger partial charge in [-0.3, -0.25) is 14.4 Å². The number of carbonyl (C=O) groups is 3. The fourth-order valence-corrected chi connectivity index (χ4v) is 7.63. The second-order valence-electron chi connectivity index (χ2n) is 14.9. The van der Waals surface area contributed by atoms with Gasteiger partial charge in [0.1, 0.15) is 5.60 Å². The van der Waals surface area contributed by atoms with Gasteiger partial charge in [-0.25, -0.2) is 4.79 Å². The second-order valence-corrected chi connectivity index (χ2v) is 14.9. The van der Waals surface area contributed by atoms with Gasteiger partial charge in [0.2, 0.25) is 5.91 Å². The second kappa shape index (κ2) is 13.8. The molecule has 0 bridgehead atoms. The SMILES string of the molecule is CC(CC(F)(F)F)C(=O)N1CC[C@@](O)(Cn2cc(C(=O)N3CCN(C(=O)OC(C)(C)C)CC3)c(-c3ccccc3)cc2=O)C2(CCCC2)C1. The van der Waals surface area contributed by atoms with Crippen LogP contribution in [0.3, 0.4) is 0 Å². The first-order valence-electron chi connectivity index (χ1n) is 17.1. The maximum Gasteiger partial charge on any atom is 0.410 e. The average Bonchev–Trinajstić information content (AvgIpc) is 3.51. The molecule has 3 amide bonds. The zero-order chi connectivity index (χ0) is 35.8. The van der Waals surface area contributed by atoms with Crippen LogP contribution in [0.2, 0.25) is 0 Å². The fraction of sp³-hybridized carbons (Fsp3) is 0.611. The Hall–Kier alpha value is -3.87. The molecule has 3 aliphatic rings. The van der Waals surface area contributed by atoms with Crippen molar-refractivity contribution in [2.45, 2.75) is 90.1 Å². The molecule has 1 saturated carbocycles. The first-order chi connectivity index (χ1) is 22.9. The van der Waals surface area contributed by atoms with Crippen LogP contribution in [0.15, 0.2) is 47.4 Å². The largest absolute Gasteiger partial charge is 0.444 e. The van der Waals surface area contributed by atoms with Crippen LogP contribution in [0.25, 0.3) is 11.1 Å². The number of rotatable bonds is 6. The van der Waals surface area contributed by atoms with E-state index in [4.69, 9.17) is 4.74 Å². The van der Waals surface area contributed by atoms with E-state index in [1.165, 1.54) is 28.7 Å². The van der Waals surface area contributed by atoms with Crippen molar-refractivity contribution in [2.75, 3.05) is 39.3 Å². The Morgan fingerprint density at radius 1 is 0.918 bits per heavy atom. The van der Waals surface area contributed by atoms with Gasteiger partial charge in [0, 0.05) is 68.4 Å². The molecule has 10 nitrogen and oxygen atoms in total. The summed E-state index contributed by atoms with van der Waals surface area (Å²) in [7, 11) is 0.